The number of piperidine rings is 1. The van der Waals surface area contributed by atoms with Crippen molar-refractivity contribution >= 4 is 17.6 Å². The Morgan fingerprint density at radius 1 is 1.00 bits per heavy atom. The molecule has 0 atom stereocenters. The highest BCUT2D eigenvalue weighted by atomic mass is 16.5. The summed E-state index contributed by atoms with van der Waals surface area (Å²) in [6.45, 7) is 2.27. The summed E-state index contributed by atoms with van der Waals surface area (Å²) in [5.41, 5.74) is 1.93. The van der Waals surface area contributed by atoms with Crippen molar-refractivity contribution in [2.75, 3.05) is 24.5 Å². The Hall–Kier alpha value is -3.68. The van der Waals surface area contributed by atoms with Gasteiger partial charge in [-0.1, -0.05) is 35.5 Å². The minimum absolute atomic E-state index is 0.131. The van der Waals surface area contributed by atoms with Crippen LogP contribution in [0.1, 0.15) is 35.3 Å². The molecular weight excluding hydrogens is 394 g/mol. The Kier molecular flexibility index (Phi) is 6.56. The predicted octanol–water partition coefficient (Wildman–Crippen LogP) is 2.77. The second-order valence-corrected chi connectivity index (χ2v) is 7.47. The first-order valence-electron chi connectivity index (χ1n) is 10.5. The van der Waals surface area contributed by atoms with E-state index in [2.05, 4.69) is 25.7 Å². The van der Waals surface area contributed by atoms with Crippen LogP contribution in [-0.2, 0) is 11.3 Å². The van der Waals surface area contributed by atoms with Gasteiger partial charge in [-0.25, -0.2) is 4.98 Å². The number of anilines is 1. The van der Waals surface area contributed by atoms with Crippen molar-refractivity contribution in [3.8, 4) is 11.3 Å². The molecule has 2 N–H and O–H groups in total. The molecule has 8 heteroatoms. The molecule has 2 aromatic heterocycles. The number of pyridine rings is 1. The van der Waals surface area contributed by atoms with Crippen LogP contribution in [0.4, 0.5) is 5.82 Å². The molecule has 1 fully saturated rings. The molecule has 2 amide bonds. The Balaban J connectivity index is 1.25. The number of rotatable bonds is 7. The van der Waals surface area contributed by atoms with Crippen molar-refractivity contribution in [1.29, 1.82) is 0 Å². The van der Waals surface area contributed by atoms with Crippen LogP contribution in [0.2, 0.25) is 0 Å². The van der Waals surface area contributed by atoms with Gasteiger partial charge < -0.3 is 20.1 Å². The van der Waals surface area contributed by atoms with Gasteiger partial charge in [0, 0.05) is 37.5 Å². The number of aromatic nitrogens is 2. The largest absolute Gasteiger partial charge is 0.357 e. The molecule has 31 heavy (non-hydrogen) atoms. The average molecular weight is 419 g/mol. The van der Waals surface area contributed by atoms with E-state index in [1.54, 1.807) is 12.3 Å². The summed E-state index contributed by atoms with van der Waals surface area (Å²) in [7, 11) is 0. The lowest BCUT2D eigenvalue weighted by atomic mass is 10.1. The maximum absolute atomic E-state index is 12.3. The number of hydrogen-bond donors (Lipinski definition) is 2. The first-order valence-corrected chi connectivity index (χ1v) is 10.5. The van der Waals surface area contributed by atoms with E-state index in [0.29, 0.717) is 12.3 Å². The number of benzene rings is 1. The third-order valence-electron chi connectivity index (χ3n) is 5.19. The molecule has 0 unspecified atom stereocenters. The Morgan fingerprint density at radius 2 is 1.81 bits per heavy atom. The molecule has 1 saturated heterocycles. The van der Waals surface area contributed by atoms with Crippen molar-refractivity contribution in [1.82, 2.24) is 20.8 Å². The van der Waals surface area contributed by atoms with Crippen LogP contribution in [0.5, 0.6) is 0 Å². The van der Waals surface area contributed by atoms with Crippen molar-refractivity contribution in [2.45, 2.75) is 25.8 Å². The van der Waals surface area contributed by atoms with Crippen molar-refractivity contribution < 1.29 is 14.1 Å². The van der Waals surface area contributed by atoms with Crippen molar-refractivity contribution in [3.63, 3.8) is 0 Å². The summed E-state index contributed by atoms with van der Waals surface area (Å²) < 4.78 is 5.22. The molecule has 3 aromatic rings. The molecule has 0 radical (unpaired) electrons. The molecule has 0 spiro atoms. The van der Waals surface area contributed by atoms with E-state index in [-0.39, 0.29) is 18.1 Å². The van der Waals surface area contributed by atoms with E-state index in [9.17, 15) is 9.59 Å². The molecule has 1 aliphatic heterocycles. The van der Waals surface area contributed by atoms with Gasteiger partial charge in [0.05, 0.1) is 6.54 Å². The zero-order chi connectivity index (χ0) is 21.5. The maximum Gasteiger partial charge on any atom is 0.273 e. The van der Waals surface area contributed by atoms with Crippen LogP contribution in [-0.4, -0.2) is 41.6 Å². The minimum Gasteiger partial charge on any atom is -0.357 e. The number of amides is 2. The fourth-order valence-electron chi connectivity index (χ4n) is 3.50. The first kappa shape index (κ1) is 20.6. The highest BCUT2D eigenvalue weighted by Gasteiger charge is 2.15. The lowest BCUT2D eigenvalue weighted by Crippen LogP contribution is -2.36. The third-order valence-corrected chi connectivity index (χ3v) is 5.19. The van der Waals surface area contributed by atoms with Crippen LogP contribution >= 0.6 is 0 Å². The maximum atomic E-state index is 12.3. The smallest absolute Gasteiger partial charge is 0.273 e. The van der Waals surface area contributed by atoms with Gasteiger partial charge in [-0.2, -0.15) is 0 Å². The number of carbonyl (C=O) groups excluding carboxylic acids is 2. The molecule has 8 nitrogen and oxygen atoms in total. The van der Waals surface area contributed by atoms with Crippen LogP contribution in [0.3, 0.4) is 0 Å². The summed E-state index contributed by atoms with van der Waals surface area (Å²) in [5.74, 6) is 0.700. The Bertz CT molecular complexity index is 1030. The van der Waals surface area contributed by atoms with Gasteiger partial charge in [-0.15, -0.1) is 0 Å². The molecule has 0 aliphatic carbocycles. The minimum atomic E-state index is -0.461. The quantitative estimate of drug-likeness (QED) is 0.611. The van der Waals surface area contributed by atoms with Crippen LogP contribution in [0.25, 0.3) is 11.3 Å². The zero-order valence-electron chi connectivity index (χ0n) is 17.2. The lowest BCUT2D eigenvalue weighted by Gasteiger charge is -2.27. The van der Waals surface area contributed by atoms with Crippen molar-refractivity contribution in [2.24, 2.45) is 0 Å². The van der Waals surface area contributed by atoms with Crippen LogP contribution < -0.4 is 15.5 Å². The van der Waals surface area contributed by atoms with Crippen LogP contribution in [0, 0.1) is 0 Å². The molecule has 0 bridgehead atoms. The fraction of sp³-hybridized carbons (Fsp3) is 0.304. The summed E-state index contributed by atoms with van der Waals surface area (Å²) >= 11 is 0. The normalized spacial score (nSPS) is 13.6. The van der Waals surface area contributed by atoms with Gasteiger partial charge in [0.15, 0.2) is 11.5 Å². The van der Waals surface area contributed by atoms with Crippen molar-refractivity contribution in [3.05, 3.63) is 66.0 Å². The second kappa shape index (κ2) is 9.88. The van der Waals surface area contributed by atoms with Gasteiger partial charge >= 0.3 is 0 Å². The van der Waals surface area contributed by atoms with Gasteiger partial charge in [0.25, 0.3) is 5.91 Å². The monoisotopic (exact) mass is 419 g/mol. The molecule has 1 aromatic carbocycles. The highest BCUT2D eigenvalue weighted by Crippen LogP contribution is 2.20. The molecule has 1 aliphatic rings. The zero-order valence-corrected chi connectivity index (χ0v) is 17.2. The Morgan fingerprint density at radius 3 is 2.61 bits per heavy atom. The van der Waals surface area contributed by atoms with Gasteiger partial charge in [0.2, 0.25) is 5.91 Å². The van der Waals surface area contributed by atoms with E-state index in [4.69, 9.17) is 4.52 Å². The van der Waals surface area contributed by atoms with Gasteiger partial charge in [0.1, 0.15) is 5.82 Å². The number of nitrogens with zero attached hydrogens (tertiary/aromatic N) is 3. The van der Waals surface area contributed by atoms with Gasteiger partial charge in [-0.3, -0.25) is 9.59 Å². The van der Waals surface area contributed by atoms with E-state index in [0.717, 1.165) is 30.0 Å². The summed E-state index contributed by atoms with van der Waals surface area (Å²) in [6, 6.07) is 14.8. The standard InChI is InChI=1S/C23H25N5O3/c29-22(25-15-17-9-10-24-21(13-17)28-11-5-2-6-12-28)16-26-23(30)19-14-20(31-27-19)18-7-3-1-4-8-18/h1,3-4,7-10,13-14H,2,5-6,11-12,15-16H2,(H,25,29)(H,26,30). The highest BCUT2D eigenvalue weighted by molar-refractivity contribution is 5.95. The first-order chi connectivity index (χ1) is 15.2. The van der Waals surface area contributed by atoms with Gasteiger partial charge in [-0.05, 0) is 37.0 Å². The molecule has 160 valence electrons. The number of carbonyl (C=O) groups is 2. The van der Waals surface area contributed by atoms with E-state index >= 15 is 0 Å². The lowest BCUT2D eigenvalue weighted by molar-refractivity contribution is -0.120. The number of hydrogen-bond acceptors (Lipinski definition) is 6. The second-order valence-electron chi connectivity index (χ2n) is 7.47. The average Bonchev–Trinajstić information content (AvgIpc) is 3.33. The van der Waals surface area contributed by atoms with E-state index in [1.807, 2.05) is 42.5 Å². The SMILES string of the molecule is O=C(CNC(=O)c1cc(-c2ccccc2)on1)NCc1ccnc(N2CCCCC2)c1. The fourth-order valence-corrected chi connectivity index (χ4v) is 3.50. The Labute approximate surface area is 180 Å². The topological polar surface area (TPSA) is 100 Å². The molecule has 0 saturated carbocycles. The van der Waals surface area contributed by atoms with Crippen LogP contribution in [0.15, 0.2) is 59.3 Å². The summed E-state index contributed by atoms with van der Waals surface area (Å²) in [5, 5.41) is 9.18. The third kappa shape index (κ3) is 5.48. The number of nitrogens with one attached hydrogen (secondary N) is 2. The van der Waals surface area contributed by atoms with E-state index < -0.39 is 5.91 Å². The molecule has 4 rings (SSSR count). The molecule has 3 heterocycles. The van der Waals surface area contributed by atoms with E-state index in [1.165, 1.54) is 19.3 Å². The molecular formula is C23H25N5O3. The summed E-state index contributed by atoms with van der Waals surface area (Å²) in [6.07, 6.45) is 5.39. The summed E-state index contributed by atoms with van der Waals surface area (Å²) in [4.78, 5) is 31.2. The predicted molar refractivity (Wildman–Crippen MR) is 116 cm³/mol.